The number of nitrogens with one attached hydrogen (secondary N) is 1. The Morgan fingerprint density at radius 3 is 2.83 bits per heavy atom. The summed E-state index contributed by atoms with van der Waals surface area (Å²) in [5.74, 6) is -0.294. The largest absolute Gasteiger partial charge is 0.306 e. The van der Waals surface area contributed by atoms with E-state index in [4.69, 9.17) is 0 Å². The van der Waals surface area contributed by atoms with E-state index in [1.165, 1.54) is 23.4 Å². The monoisotopic (exact) mass is 244 g/mol. The fourth-order valence-electron chi connectivity index (χ4n) is 1.88. The van der Waals surface area contributed by atoms with E-state index in [9.17, 15) is 4.39 Å². The van der Waals surface area contributed by atoms with Gasteiger partial charge in [0.1, 0.15) is 5.82 Å². The maximum absolute atomic E-state index is 13.0. The minimum Gasteiger partial charge on any atom is -0.306 e. The summed E-state index contributed by atoms with van der Waals surface area (Å²) in [7, 11) is 0. The number of aryl methyl sites for hydroxylation is 1. The minimum absolute atomic E-state index is 0.230. The smallest absolute Gasteiger partial charge is 0.141 e. The van der Waals surface area contributed by atoms with Crippen LogP contribution in [0.4, 0.5) is 4.39 Å². The molecule has 2 aromatic rings. The summed E-state index contributed by atoms with van der Waals surface area (Å²) in [6.07, 6.45) is 2.90. The molecular weight excluding hydrogens is 227 g/mol. The van der Waals surface area contributed by atoms with Crippen LogP contribution in [0.5, 0.6) is 0 Å². The quantitative estimate of drug-likeness (QED) is 0.891. The molecule has 0 aliphatic heterocycles. The number of rotatable bonds is 4. The first-order valence-electron chi connectivity index (χ1n) is 6.04. The van der Waals surface area contributed by atoms with E-state index in [2.05, 4.69) is 42.3 Å². The van der Waals surface area contributed by atoms with E-state index >= 15 is 0 Å². The molecule has 0 fully saturated rings. The maximum atomic E-state index is 13.0. The van der Waals surface area contributed by atoms with Gasteiger partial charge in [-0.05, 0) is 31.0 Å². The van der Waals surface area contributed by atoms with Gasteiger partial charge >= 0.3 is 0 Å². The van der Waals surface area contributed by atoms with Gasteiger partial charge in [-0.2, -0.15) is 0 Å². The Morgan fingerprint density at radius 1 is 1.28 bits per heavy atom. The lowest BCUT2D eigenvalue weighted by Gasteiger charge is -2.14. The van der Waals surface area contributed by atoms with Gasteiger partial charge in [0.15, 0.2) is 0 Å². The fraction of sp³-hybridized carbons (Fsp3) is 0.267. The molecule has 3 heteroatoms. The van der Waals surface area contributed by atoms with E-state index in [1.807, 2.05) is 6.07 Å². The molecule has 1 atom stereocenters. The summed E-state index contributed by atoms with van der Waals surface area (Å²) < 4.78 is 13.0. The second-order valence-electron chi connectivity index (χ2n) is 4.53. The van der Waals surface area contributed by atoms with Crippen LogP contribution in [0.15, 0.2) is 42.7 Å². The molecule has 0 aliphatic rings. The van der Waals surface area contributed by atoms with Crippen molar-refractivity contribution in [2.24, 2.45) is 0 Å². The molecule has 0 saturated heterocycles. The molecule has 94 valence electrons. The van der Waals surface area contributed by atoms with Crippen LogP contribution < -0.4 is 5.32 Å². The molecule has 2 rings (SSSR count). The van der Waals surface area contributed by atoms with Gasteiger partial charge in [-0.3, -0.25) is 4.98 Å². The van der Waals surface area contributed by atoms with Gasteiger partial charge in [-0.1, -0.05) is 29.8 Å². The van der Waals surface area contributed by atoms with Gasteiger partial charge in [0.05, 0.1) is 6.20 Å². The Kier molecular flexibility index (Phi) is 4.05. The van der Waals surface area contributed by atoms with Crippen molar-refractivity contribution in [3.8, 4) is 0 Å². The molecule has 1 aromatic heterocycles. The van der Waals surface area contributed by atoms with Crippen molar-refractivity contribution in [1.82, 2.24) is 10.3 Å². The third-order valence-corrected chi connectivity index (χ3v) is 2.92. The van der Waals surface area contributed by atoms with Crippen LogP contribution in [-0.2, 0) is 6.54 Å². The molecule has 0 aliphatic carbocycles. The number of halogens is 1. The molecule has 18 heavy (non-hydrogen) atoms. The zero-order chi connectivity index (χ0) is 13.0. The van der Waals surface area contributed by atoms with Crippen molar-refractivity contribution in [2.45, 2.75) is 26.4 Å². The van der Waals surface area contributed by atoms with Gasteiger partial charge < -0.3 is 5.32 Å². The first-order chi connectivity index (χ1) is 8.65. The summed E-state index contributed by atoms with van der Waals surface area (Å²) in [4.78, 5) is 3.83. The number of aromatic nitrogens is 1. The molecule has 1 N–H and O–H groups in total. The number of hydrogen-bond donors (Lipinski definition) is 1. The molecular formula is C15H17FN2. The minimum atomic E-state index is -0.294. The predicted octanol–water partition coefficient (Wildman–Crippen LogP) is 3.38. The Bertz CT molecular complexity index is 525. The van der Waals surface area contributed by atoms with E-state index in [1.54, 1.807) is 6.20 Å². The highest BCUT2D eigenvalue weighted by Gasteiger charge is 2.05. The summed E-state index contributed by atoms with van der Waals surface area (Å²) in [5, 5.41) is 3.36. The first kappa shape index (κ1) is 12.7. The number of benzene rings is 1. The lowest BCUT2D eigenvalue weighted by atomic mass is 10.1. The van der Waals surface area contributed by atoms with Gasteiger partial charge in [0.25, 0.3) is 0 Å². The summed E-state index contributed by atoms with van der Waals surface area (Å²) in [6.45, 7) is 4.79. The van der Waals surface area contributed by atoms with Crippen LogP contribution in [0, 0.1) is 12.7 Å². The van der Waals surface area contributed by atoms with E-state index < -0.39 is 0 Å². The highest BCUT2D eigenvalue weighted by atomic mass is 19.1. The molecule has 1 heterocycles. The Balaban J connectivity index is 1.98. The first-order valence-corrected chi connectivity index (χ1v) is 6.04. The topological polar surface area (TPSA) is 24.9 Å². The fourth-order valence-corrected chi connectivity index (χ4v) is 1.88. The zero-order valence-corrected chi connectivity index (χ0v) is 10.7. The van der Waals surface area contributed by atoms with Crippen molar-refractivity contribution in [3.05, 3.63) is 65.2 Å². The normalized spacial score (nSPS) is 12.4. The van der Waals surface area contributed by atoms with E-state index in [0.717, 1.165) is 5.56 Å². The highest BCUT2D eigenvalue weighted by molar-refractivity contribution is 5.24. The average molecular weight is 244 g/mol. The molecule has 0 radical (unpaired) electrons. The Morgan fingerprint density at radius 2 is 2.11 bits per heavy atom. The Hall–Kier alpha value is -1.74. The van der Waals surface area contributed by atoms with Crippen LogP contribution in [-0.4, -0.2) is 4.98 Å². The summed E-state index contributed by atoms with van der Waals surface area (Å²) in [6, 6.07) is 10.1. The molecule has 0 bridgehead atoms. The highest BCUT2D eigenvalue weighted by Crippen LogP contribution is 2.14. The summed E-state index contributed by atoms with van der Waals surface area (Å²) >= 11 is 0. The van der Waals surface area contributed by atoms with Crippen molar-refractivity contribution in [1.29, 1.82) is 0 Å². The van der Waals surface area contributed by atoms with Gasteiger partial charge in [-0.15, -0.1) is 0 Å². The SMILES string of the molecule is Cc1cccc([C@@H](C)NCc2cncc(F)c2)c1. The van der Waals surface area contributed by atoms with Crippen LogP contribution >= 0.6 is 0 Å². The van der Waals surface area contributed by atoms with Crippen LogP contribution in [0.3, 0.4) is 0 Å². The molecule has 1 aromatic carbocycles. The number of nitrogens with zero attached hydrogens (tertiary/aromatic N) is 1. The molecule has 0 amide bonds. The average Bonchev–Trinajstić information content (AvgIpc) is 2.36. The third kappa shape index (κ3) is 3.37. The molecule has 0 saturated carbocycles. The van der Waals surface area contributed by atoms with Crippen molar-refractivity contribution >= 4 is 0 Å². The second-order valence-corrected chi connectivity index (χ2v) is 4.53. The van der Waals surface area contributed by atoms with Crippen molar-refractivity contribution in [2.75, 3.05) is 0 Å². The maximum Gasteiger partial charge on any atom is 0.141 e. The van der Waals surface area contributed by atoms with Crippen LogP contribution in [0.1, 0.15) is 29.7 Å². The van der Waals surface area contributed by atoms with Crippen LogP contribution in [0.25, 0.3) is 0 Å². The lowest BCUT2D eigenvalue weighted by Crippen LogP contribution is -2.18. The Labute approximate surface area is 107 Å². The molecule has 0 unspecified atom stereocenters. The number of hydrogen-bond acceptors (Lipinski definition) is 2. The van der Waals surface area contributed by atoms with Crippen molar-refractivity contribution < 1.29 is 4.39 Å². The number of pyridine rings is 1. The predicted molar refractivity (Wildman–Crippen MR) is 70.6 cm³/mol. The summed E-state index contributed by atoms with van der Waals surface area (Å²) in [5.41, 5.74) is 3.34. The molecule has 2 nitrogen and oxygen atoms in total. The van der Waals surface area contributed by atoms with Crippen LogP contribution in [0.2, 0.25) is 0 Å². The molecule has 0 spiro atoms. The lowest BCUT2D eigenvalue weighted by molar-refractivity contribution is 0.566. The standard InChI is InChI=1S/C15H17FN2/c1-11-4-3-5-14(6-11)12(2)18-9-13-7-15(16)10-17-8-13/h3-8,10,12,18H,9H2,1-2H3/t12-/m1/s1. The second kappa shape index (κ2) is 5.74. The van der Waals surface area contributed by atoms with Crippen molar-refractivity contribution in [3.63, 3.8) is 0 Å². The van der Waals surface area contributed by atoms with E-state index in [-0.39, 0.29) is 11.9 Å². The van der Waals surface area contributed by atoms with E-state index in [0.29, 0.717) is 6.54 Å². The van der Waals surface area contributed by atoms with Gasteiger partial charge in [0, 0.05) is 18.8 Å². The van der Waals surface area contributed by atoms with Gasteiger partial charge in [-0.25, -0.2) is 4.39 Å². The van der Waals surface area contributed by atoms with Gasteiger partial charge in [0.2, 0.25) is 0 Å². The third-order valence-electron chi connectivity index (χ3n) is 2.92. The zero-order valence-electron chi connectivity index (χ0n) is 10.7.